The Bertz CT molecular complexity index is 1080. The molecule has 148 valence electrons. The predicted molar refractivity (Wildman–Crippen MR) is 104 cm³/mol. The maximum atomic E-state index is 14.2. The molecule has 0 bridgehead atoms. The molecule has 6 nitrogen and oxygen atoms in total. The second kappa shape index (κ2) is 7.33. The predicted octanol–water partition coefficient (Wildman–Crippen LogP) is 4.36. The number of carbonyl (C=O) groups is 1. The Balaban J connectivity index is 2.10. The molecular weight excluding hydrogens is 388 g/mol. The van der Waals surface area contributed by atoms with Gasteiger partial charge in [0.25, 0.3) is 0 Å². The minimum Gasteiger partial charge on any atom is -0.755 e. The molecule has 0 fully saturated rings. The highest BCUT2D eigenvalue weighted by atomic mass is 32.2. The summed E-state index contributed by atoms with van der Waals surface area (Å²) in [6, 6.07) is 7.45. The lowest BCUT2D eigenvalue weighted by atomic mass is 9.95. The van der Waals surface area contributed by atoms with Crippen molar-refractivity contribution < 1.29 is 22.3 Å². The number of hydrogen-bond acceptors (Lipinski definition) is 3. The smallest absolute Gasteiger partial charge is 0.229 e. The number of aromatic amines is 1. The first kappa shape index (κ1) is 20.0. The average molecular weight is 406 g/mol. The number of carbonyl (C=O) groups excluding carboxylic acids is 1. The number of halogens is 2. The van der Waals surface area contributed by atoms with Crippen molar-refractivity contribution in [2.24, 2.45) is 5.41 Å². The van der Waals surface area contributed by atoms with Crippen LogP contribution in [0.2, 0.25) is 0 Å². The molecular formula is C19H18F2N3O3S-. The molecule has 0 aliphatic heterocycles. The number of rotatable bonds is 4. The van der Waals surface area contributed by atoms with Crippen molar-refractivity contribution in [3.05, 3.63) is 54.2 Å². The summed E-state index contributed by atoms with van der Waals surface area (Å²) in [6.45, 7) is 5.28. The van der Waals surface area contributed by atoms with Crippen molar-refractivity contribution in [3.63, 3.8) is 0 Å². The van der Waals surface area contributed by atoms with Crippen molar-refractivity contribution in [3.8, 4) is 0 Å². The Kier molecular flexibility index (Phi) is 5.22. The van der Waals surface area contributed by atoms with E-state index in [0.29, 0.717) is 20.9 Å². The zero-order chi connectivity index (χ0) is 20.6. The van der Waals surface area contributed by atoms with E-state index in [0.717, 1.165) is 18.2 Å². The summed E-state index contributed by atoms with van der Waals surface area (Å²) in [5, 5.41) is 3.18. The van der Waals surface area contributed by atoms with E-state index in [1.54, 1.807) is 39.0 Å². The van der Waals surface area contributed by atoms with Gasteiger partial charge in [-0.15, -0.1) is 0 Å². The summed E-state index contributed by atoms with van der Waals surface area (Å²) in [5.74, 6) is -1.88. The summed E-state index contributed by atoms with van der Waals surface area (Å²) in [7, 11) is 0. The van der Waals surface area contributed by atoms with E-state index >= 15 is 0 Å². The first-order valence-electron chi connectivity index (χ1n) is 8.35. The zero-order valence-corrected chi connectivity index (χ0v) is 16.2. The van der Waals surface area contributed by atoms with Crippen LogP contribution >= 0.6 is 0 Å². The number of amides is 1. The van der Waals surface area contributed by atoms with Crippen molar-refractivity contribution in [2.75, 3.05) is 9.62 Å². The molecule has 28 heavy (non-hydrogen) atoms. The van der Waals surface area contributed by atoms with Crippen molar-refractivity contribution >= 4 is 45.1 Å². The number of H-pyrrole nitrogens is 1. The monoisotopic (exact) mass is 406 g/mol. The normalized spacial score (nSPS) is 12.8. The van der Waals surface area contributed by atoms with Crippen LogP contribution in [0.25, 0.3) is 10.9 Å². The molecule has 0 saturated carbocycles. The minimum atomic E-state index is -2.92. The van der Waals surface area contributed by atoms with Crippen LogP contribution in [-0.2, 0) is 16.1 Å². The van der Waals surface area contributed by atoms with Gasteiger partial charge >= 0.3 is 0 Å². The number of fused-ring (bicyclic) bond motifs is 1. The third kappa shape index (κ3) is 3.90. The Morgan fingerprint density at radius 2 is 1.86 bits per heavy atom. The van der Waals surface area contributed by atoms with Gasteiger partial charge in [-0.1, -0.05) is 20.8 Å². The topological polar surface area (TPSA) is 88.3 Å². The van der Waals surface area contributed by atoms with E-state index in [-0.39, 0.29) is 11.6 Å². The molecule has 1 heterocycles. The highest BCUT2D eigenvalue weighted by molar-refractivity contribution is 7.81. The van der Waals surface area contributed by atoms with Crippen LogP contribution in [0.5, 0.6) is 0 Å². The van der Waals surface area contributed by atoms with Gasteiger partial charge in [0.05, 0.1) is 22.6 Å². The summed E-state index contributed by atoms with van der Waals surface area (Å²) in [4.78, 5) is 15.1. The van der Waals surface area contributed by atoms with Gasteiger partial charge in [0.1, 0.15) is 11.6 Å². The van der Waals surface area contributed by atoms with Gasteiger partial charge in [-0.25, -0.2) is 8.78 Å². The van der Waals surface area contributed by atoms with Gasteiger partial charge in [0.2, 0.25) is 5.91 Å². The lowest BCUT2D eigenvalue weighted by Crippen LogP contribution is -2.27. The van der Waals surface area contributed by atoms with Gasteiger partial charge in [-0.2, -0.15) is 0 Å². The van der Waals surface area contributed by atoms with Gasteiger partial charge in [-0.05, 0) is 30.3 Å². The summed E-state index contributed by atoms with van der Waals surface area (Å²) < 4.78 is 52.2. The second-order valence-electron chi connectivity index (χ2n) is 7.25. The first-order valence-corrected chi connectivity index (χ1v) is 9.38. The fourth-order valence-corrected chi connectivity index (χ4v) is 3.21. The van der Waals surface area contributed by atoms with Crippen LogP contribution in [0.3, 0.4) is 0 Å². The molecule has 3 aromatic rings. The van der Waals surface area contributed by atoms with E-state index < -0.39 is 34.0 Å². The van der Waals surface area contributed by atoms with Crippen LogP contribution in [-0.4, -0.2) is 19.7 Å². The number of aromatic nitrogens is 1. The van der Waals surface area contributed by atoms with E-state index in [9.17, 15) is 22.3 Å². The van der Waals surface area contributed by atoms with E-state index in [2.05, 4.69) is 10.3 Å². The van der Waals surface area contributed by atoms with Gasteiger partial charge in [0.15, 0.2) is 0 Å². The van der Waals surface area contributed by atoms with Crippen LogP contribution in [0.1, 0.15) is 20.8 Å². The van der Waals surface area contributed by atoms with E-state index in [4.69, 9.17) is 0 Å². The quantitative estimate of drug-likeness (QED) is 0.631. The Morgan fingerprint density at radius 3 is 2.50 bits per heavy atom. The first-order chi connectivity index (χ1) is 13.1. The molecule has 1 unspecified atom stereocenters. The number of nitrogens with zero attached hydrogens (tertiary/aromatic N) is 1. The highest BCUT2D eigenvalue weighted by Crippen LogP contribution is 2.36. The van der Waals surface area contributed by atoms with Gasteiger partial charge < -0.3 is 14.9 Å². The molecule has 1 amide bonds. The van der Waals surface area contributed by atoms with E-state index in [1.807, 2.05) is 0 Å². The molecule has 2 aromatic carbocycles. The standard InChI is InChI=1S/C19H19F2N3O3S/c1-19(2,3)18(25)23-12-5-7-15-13(9-12)17(10-22-15)24(28(26)27)16-8-11(20)4-6-14(16)21/h4-10,22H,1-3H3,(H,23,25)(H,26,27)/p-1. The van der Waals surface area contributed by atoms with Crippen LogP contribution in [0, 0.1) is 17.0 Å². The van der Waals surface area contributed by atoms with Gasteiger partial charge in [-0.3, -0.25) is 13.3 Å². The molecule has 3 rings (SSSR count). The minimum absolute atomic E-state index is 0.0969. The molecule has 0 aliphatic carbocycles. The molecule has 0 radical (unpaired) electrons. The molecule has 0 spiro atoms. The van der Waals surface area contributed by atoms with Crippen molar-refractivity contribution in [2.45, 2.75) is 20.8 Å². The maximum Gasteiger partial charge on any atom is 0.229 e. The number of anilines is 3. The van der Waals surface area contributed by atoms with Crippen LogP contribution in [0.15, 0.2) is 42.6 Å². The second-order valence-corrected chi connectivity index (χ2v) is 8.04. The van der Waals surface area contributed by atoms with Crippen molar-refractivity contribution in [1.29, 1.82) is 0 Å². The van der Waals surface area contributed by atoms with Crippen LogP contribution < -0.4 is 9.62 Å². The summed E-state index contributed by atoms with van der Waals surface area (Å²) in [5.41, 5.74) is 0.0436. The van der Waals surface area contributed by atoms with E-state index in [1.165, 1.54) is 6.20 Å². The highest BCUT2D eigenvalue weighted by Gasteiger charge is 2.22. The van der Waals surface area contributed by atoms with Crippen LogP contribution in [0.4, 0.5) is 25.8 Å². The Labute approximate surface area is 163 Å². The lowest BCUT2D eigenvalue weighted by molar-refractivity contribution is -0.123. The Hall–Kier alpha value is -2.78. The third-order valence-electron chi connectivity index (χ3n) is 4.09. The van der Waals surface area contributed by atoms with Crippen molar-refractivity contribution in [1.82, 2.24) is 4.98 Å². The van der Waals surface area contributed by atoms with Gasteiger partial charge in [0, 0.05) is 34.3 Å². The maximum absolute atomic E-state index is 14.2. The third-order valence-corrected chi connectivity index (χ3v) is 4.79. The fourth-order valence-electron chi connectivity index (χ4n) is 2.60. The molecule has 1 atom stereocenters. The molecule has 0 saturated heterocycles. The average Bonchev–Trinajstić information content (AvgIpc) is 3.00. The zero-order valence-electron chi connectivity index (χ0n) is 15.4. The summed E-state index contributed by atoms with van der Waals surface area (Å²) >= 11 is -2.92. The lowest BCUT2D eigenvalue weighted by Gasteiger charge is -2.26. The molecule has 0 aliphatic rings. The number of benzene rings is 2. The largest absolute Gasteiger partial charge is 0.755 e. The Morgan fingerprint density at radius 1 is 1.14 bits per heavy atom. The number of hydrogen-bond donors (Lipinski definition) is 2. The SMILES string of the molecule is CC(C)(C)C(=O)Nc1ccc2[nH]cc(N(c3cc(F)ccc3F)S(=O)[O-])c2c1. The summed E-state index contributed by atoms with van der Waals surface area (Å²) in [6.07, 6.45) is 1.38. The molecule has 9 heteroatoms. The number of nitrogens with one attached hydrogen (secondary N) is 2. The fraction of sp³-hybridized carbons (Fsp3) is 0.211. The molecule has 2 N–H and O–H groups in total. The molecule has 1 aromatic heterocycles.